The monoisotopic (exact) mass is 485 g/mol. The molecule has 0 saturated heterocycles. The molecule has 0 atom stereocenters. The standard InChI is InChI=1S/C30H47NO4/c1-20-14-22(28(3,4)5)16-24(26(20)34-18-32-12)31(30(9,10)11)25-17-23(29(6,7)8)15-21(2)27(25)35-19-33-13/h14-17H,18-19H2,1-13H3. The molecule has 0 N–H and O–H groups in total. The SMILES string of the molecule is COCOc1c(C)cc(C(C)(C)C)cc1N(c1cc(C(C)(C)C)cc(C)c1OCOC)C(C)(C)C. The summed E-state index contributed by atoms with van der Waals surface area (Å²) >= 11 is 0. The average Bonchev–Trinajstić information content (AvgIpc) is 2.70. The van der Waals surface area contributed by atoms with Crippen LogP contribution in [0.2, 0.25) is 0 Å². The largest absolute Gasteiger partial charge is 0.465 e. The number of nitrogens with zero attached hydrogens (tertiary/aromatic N) is 1. The predicted molar refractivity (Wildman–Crippen MR) is 147 cm³/mol. The highest BCUT2D eigenvalue weighted by atomic mass is 16.7. The average molecular weight is 486 g/mol. The van der Waals surface area contributed by atoms with E-state index in [0.717, 1.165) is 34.0 Å². The summed E-state index contributed by atoms with van der Waals surface area (Å²) in [6.45, 7) is 24.6. The molecular weight excluding hydrogens is 438 g/mol. The molecule has 5 nitrogen and oxygen atoms in total. The minimum atomic E-state index is -0.289. The van der Waals surface area contributed by atoms with Crippen molar-refractivity contribution in [3.05, 3.63) is 46.5 Å². The Kier molecular flexibility index (Phi) is 8.94. The van der Waals surface area contributed by atoms with Gasteiger partial charge in [0, 0.05) is 19.8 Å². The van der Waals surface area contributed by atoms with Crippen molar-refractivity contribution in [2.45, 2.75) is 92.5 Å². The van der Waals surface area contributed by atoms with Crippen LogP contribution in [-0.4, -0.2) is 33.3 Å². The Morgan fingerprint density at radius 3 is 1.20 bits per heavy atom. The van der Waals surface area contributed by atoms with E-state index in [1.807, 2.05) is 0 Å². The second kappa shape index (κ2) is 10.8. The first-order valence-corrected chi connectivity index (χ1v) is 12.4. The van der Waals surface area contributed by atoms with E-state index < -0.39 is 0 Å². The summed E-state index contributed by atoms with van der Waals surface area (Å²) in [6, 6.07) is 8.94. The minimum Gasteiger partial charge on any atom is -0.465 e. The Morgan fingerprint density at radius 1 is 0.600 bits per heavy atom. The van der Waals surface area contributed by atoms with Gasteiger partial charge in [0.05, 0.1) is 11.4 Å². The van der Waals surface area contributed by atoms with Crippen molar-refractivity contribution in [2.75, 3.05) is 32.7 Å². The third-order valence-corrected chi connectivity index (χ3v) is 6.04. The number of anilines is 2. The lowest BCUT2D eigenvalue weighted by Gasteiger charge is -2.41. The van der Waals surface area contributed by atoms with Crippen LogP contribution < -0.4 is 14.4 Å². The first kappa shape index (κ1) is 29.0. The van der Waals surface area contributed by atoms with Crippen molar-refractivity contribution >= 4 is 11.4 Å². The fraction of sp³-hybridized carbons (Fsp3) is 0.600. The Labute approximate surface area is 213 Å². The fourth-order valence-corrected chi connectivity index (χ4v) is 4.17. The lowest BCUT2D eigenvalue weighted by atomic mass is 9.84. The molecule has 0 unspecified atom stereocenters. The highest BCUT2D eigenvalue weighted by Crippen LogP contribution is 2.48. The molecule has 0 spiro atoms. The number of aryl methyl sites for hydroxylation is 2. The normalized spacial score (nSPS) is 12.6. The molecule has 2 rings (SSSR count). The van der Waals surface area contributed by atoms with Gasteiger partial charge in [0.1, 0.15) is 11.5 Å². The molecular formula is C30H47NO4. The number of methoxy groups -OCH3 is 2. The van der Waals surface area contributed by atoms with Crippen molar-refractivity contribution in [1.82, 2.24) is 0 Å². The maximum absolute atomic E-state index is 6.20. The van der Waals surface area contributed by atoms with Crippen LogP contribution in [0.1, 0.15) is 84.6 Å². The van der Waals surface area contributed by atoms with Gasteiger partial charge in [0.15, 0.2) is 13.6 Å². The zero-order valence-electron chi connectivity index (χ0n) is 24.3. The second-order valence-electron chi connectivity index (χ2n) is 12.4. The van der Waals surface area contributed by atoms with Crippen LogP contribution in [0.5, 0.6) is 11.5 Å². The van der Waals surface area contributed by atoms with E-state index in [-0.39, 0.29) is 30.0 Å². The molecule has 0 radical (unpaired) electrons. The Balaban J connectivity index is 2.99. The van der Waals surface area contributed by atoms with Crippen LogP contribution >= 0.6 is 0 Å². The lowest BCUT2D eigenvalue weighted by molar-refractivity contribution is 0.0502. The molecule has 2 aromatic rings. The van der Waals surface area contributed by atoms with Gasteiger partial charge in [-0.2, -0.15) is 0 Å². The first-order chi connectivity index (χ1) is 16.0. The van der Waals surface area contributed by atoms with Gasteiger partial charge in [-0.05, 0) is 79.8 Å². The zero-order valence-corrected chi connectivity index (χ0v) is 24.3. The number of ether oxygens (including phenoxy) is 4. The van der Waals surface area contributed by atoms with Gasteiger partial charge in [0.2, 0.25) is 0 Å². The topological polar surface area (TPSA) is 40.2 Å². The van der Waals surface area contributed by atoms with E-state index in [2.05, 4.69) is 105 Å². The maximum Gasteiger partial charge on any atom is 0.188 e. The highest BCUT2D eigenvalue weighted by molar-refractivity contribution is 5.78. The quantitative estimate of drug-likeness (QED) is 0.357. The molecule has 0 aromatic heterocycles. The summed E-state index contributed by atoms with van der Waals surface area (Å²) in [6.07, 6.45) is 0. The van der Waals surface area contributed by atoms with Crippen molar-refractivity contribution in [3.8, 4) is 11.5 Å². The molecule has 0 saturated carbocycles. The molecule has 5 heteroatoms. The summed E-state index contributed by atoms with van der Waals surface area (Å²) in [4.78, 5) is 2.34. The lowest BCUT2D eigenvalue weighted by Crippen LogP contribution is -2.39. The third-order valence-electron chi connectivity index (χ3n) is 6.04. The van der Waals surface area contributed by atoms with Crippen molar-refractivity contribution < 1.29 is 18.9 Å². The Morgan fingerprint density at radius 2 is 0.943 bits per heavy atom. The molecule has 0 aliphatic heterocycles. The van der Waals surface area contributed by atoms with Crippen LogP contribution in [0, 0.1) is 13.8 Å². The van der Waals surface area contributed by atoms with Gasteiger partial charge in [-0.3, -0.25) is 0 Å². The number of rotatable bonds is 8. The molecule has 196 valence electrons. The van der Waals surface area contributed by atoms with Gasteiger partial charge in [-0.25, -0.2) is 0 Å². The first-order valence-electron chi connectivity index (χ1n) is 12.4. The number of hydrogen-bond donors (Lipinski definition) is 0. The van der Waals surface area contributed by atoms with Gasteiger partial charge >= 0.3 is 0 Å². The van der Waals surface area contributed by atoms with Crippen LogP contribution in [0.15, 0.2) is 24.3 Å². The van der Waals surface area contributed by atoms with E-state index >= 15 is 0 Å². The molecule has 0 heterocycles. The van der Waals surface area contributed by atoms with E-state index in [4.69, 9.17) is 18.9 Å². The van der Waals surface area contributed by atoms with E-state index in [1.165, 1.54) is 11.1 Å². The highest BCUT2D eigenvalue weighted by Gasteiger charge is 2.33. The van der Waals surface area contributed by atoms with Crippen molar-refractivity contribution in [1.29, 1.82) is 0 Å². The van der Waals surface area contributed by atoms with E-state index in [0.29, 0.717) is 0 Å². The van der Waals surface area contributed by atoms with Gasteiger partial charge in [-0.15, -0.1) is 0 Å². The summed E-state index contributed by atoms with van der Waals surface area (Å²) in [5.41, 5.74) is 6.27. The van der Waals surface area contributed by atoms with Gasteiger partial charge < -0.3 is 23.8 Å². The summed E-state index contributed by atoms with van der Waals surface area (Å²) < 4.78 is 23.0. The van der Waals surface area contributed by atoms with Crippen LogP contribution in [0.3, 0.4) is 0 Å². The minimum absolute atomic E-state index is 0.0264. The number of hydrogen-bond acceptors (Lipinski definition) is 5. The second-order valence-corrected chi connectivity index (χ2v) is 12.4. The van der Waals surface area contributed by atoms with E-state index in [1.54, 1.807) is 14.2 Å². The molecule has 35 heavy (non-hydrogen) atoms. The summed E-state index contributed by atoms with van der Waals surface area (Å²) in [7, 11) is 3.29. The summed E-state index contributed by atoms with van der Waals surface area (Å²) in [5, 5.41) is 0. The van der Waals surface area contributed by atoms with E-state index in [9.17, 15) is 0 Å². The molecule has 0 bridgehead atoms. The van der Waals surface area contributed by atoms with Crippen molar-refractivity contribution in [2.24, 2.45) is 0 Å². The van der Waals surface area contributed by atoms with Crippen LogP contribution in [0.25, 0.3) is 0 Å². The maximum atomic E-state index is 6.20. The smallest absolute Gasteiger partial charge is 0.188 e. The Hall–Kier alpha value is -2.24. The molecule has 0 amide bonds. The van der Waals surface area contributed by atoms with Crippen LogP contribution in [0.4, 0.5) is 11.4 Å². The molecule has 2 aromatic carbocycles. The molecule has 0 fully saturated rings. The fourth-order valence-electron chi connectivity index (χ4n) is 4.17. The molecule has 0 aliphatic carbocycles. The zero-order chi connectivity index (χ0) is 26.8. The van der Waals surface area contributed by atoms with Crippen molar-refractivity contribution in [3.63, 3.8) is 0 Å². The van der Waals surface area contributed by atoms with Gasteiger partial charge in [-0.1, -0.05) is 53.7 Å². The predicted octanol–water partition coefficient (Wildman–Crippen LogP) is 7.80. The molecule has 0 aliphatic rings. The third kappa shape index (κ3) is 6.92. The van der Waals surface area contributed by atoms with Crippen LogP contribution in [-0.2, 0) is 20.3 Å². The number of benzene rings is 2. The van der Waals surface area contributed by atoms with Gasteiger partial charge in [0.25, 0.3) is 0 Å². The summed E-state index contributed by atoms with van der Waals surface area (Å²) in [5.74, 6) is 1.62. The Bertz CT molecular complexity index is 931.